The molecule has 0 heterocycles. The fourth-order valence-corrected chi connectivity index (χ4v) is 1.63. The Kier molecular flexibility index (Phi) is 6.81. The van der Waals surface area contributed by atoms with E-state index in [4.69, 9.17) is 16.3 Å². The molecule has 1 amide bonds. The summed E-state index contributed by atoms with van der Waals surface area (Å²) in [5.41, 5.74) is 0.789. The second-order valence-electron chi connectivity index (χ2n) is 4.26. The second kappa shape index (κ2) is 8.38. The molecule has 0 radical (unpaired) electrons. The van der Waals surface area contributed by atoms with Crippen LogP contribution in [0.3, 0.4) is 0 Å². The van der Waals surface area contributed by atoms with E-state index in [1.54, 1.807) is 24.3 Å². The first kappa shape index (κ1) is 16.2. The van der Waals surface area contributed by atoms with E-state index < -0.39 is 12.1 Å². The van der Waals surface area contributed by atoms with E-state index in [-0.39, 0.29) is 5.91 Å². The Labute approximate surface area is 123 Å². The average Bonchev–Trinajstić information content (AvgIpc) is 2.42. The van der Waals surface area contributed by atoms with E-state index in [1.165, 1.54) is 13.0 Å². The molecule has 0 spiro atoms. The van der Waals surface area contributed by atoms with E-state index in [9.17, 15) is 9.59 Å². The maximum atomic E-state index is 11.6. The lowest BCUT2D eigenvalue weighted by Gasteiger charge is -2.11. The van der Waals surface area contributed by atoms with Gasteiger partial charge in [0.25, 0.3) is 5.91 Å². The van der Waals surface area contributed by atoms with Crippen molar-refractivity contribution in [3.63, 3.8) is 0 Å². The standard InChI is InChI=1S/C15H18ClNO3/c1-3-9-17-15(19)11(2)20-14(18)8-7-12-5-4-6-13(16)10-12/h4-8,10-11H,3,9H2,1-2H3,(H,17,19)/b8-7+. The first-order chi connectivity index (χ1) is 9.52. The van der Waals surface area contributed by atoms with Crippen LogP contribution in [-0.2, 0) is 14.3 Å². The summed E-state index contributed by atoms with van der Waals surface area (Å²) in [4.78, 5) is 23.1. The van der Waals surface area contributed by atoms with Crippen molar-refractivity contribution in [2.45, 2.75) is 26.4 Å². The van der Waals surface area contributed by atoms with Crippen LogP contribution in [0.5, 0.6) is 0 Å². The second-order valence-corrected chi connectivity index (χ2v) is 4.69. The van der Waals surface area contributed by atoms with Gasteiger partial charge in [0.15, 0.2) is 6.10 Å². The summed E-state index contributed by atoms with van der Waals surface area (Å²) in [7, 11) is 0. The van der Waals surface area contributed by atoms with Gasteiger partial charge in [0.2, 0.25) is 0 Å². The molecule has 108 valence electrons. The fraction of sp³-hybridized carbons (Fsp3) is 0.333. The Balaban J connectivity index is 2.49. The first-order valence-corrected chi connectivity index (χ1v) is 6.82. The molecule has 1 aromatic carbocycles. The number of hydrogen-bond donors (Lipinski definition) is 1. The molecular weight excluding hydrogens is 278 g/mol. The van der Waals surface area contributed by atoms with E-state index in [0.29, 0.717) is 11.6 Å². The van der Waals surface area contributed by atoms with Crippen LogP contribution in [0.1, 0.15) is 25.8 Å². The summed E-state index contributed by atoms with van der Waals surface area (Å²) in [5.74, 6) is -0.861. The number of benzene rings is 1. The molecule has 4 nitrogen and oxygen atoms in total. The Bertz CT molecular complexity index is 500. The fourth-order valence-electron chi connectivity index (χ4n) is 1.43. The molecule has 0 fully saturated rings. The zero-order valence-electron chi connectivity index (χ0n) is 11.6. The molecule has 5 heteroatoms. The minimum atomic E-state index is -0.807. The number of amides is 1. The molecule has 0 bridgehead atoms. The van der Waals surface area contributed by atoms with Crippen LogP contribution < -0.4 is 5.32 Å². The van der Waals surface area contributed by atoms with Gasteiger partial charge in [0.1, 0.15) is 0 Å². The van der Waals surface area contributed by atoms with Crippen molar-refractivity contribution in [2.24, 2.45) is 0 Å². The van der Waals surface area contributed by atoms with Gasteiger partial charge in [0, 0.05) is 17.6 Å². The molecule has 1 atom stereocenters. The minimum Gasteiger partial charge on any atom is -0.449 e. The van der Waals surface area contributed by atoms with Gasteiger partial charge in [-0.2, -0.15) is 0 Å². The molecule has 0 aliphatic carbocycles. The highest BCUT2D eigenvalue weighted by atomic mass is 35.5. The van der Waals surface area contributed by atoms with Crippen LogP contribution in [0.2, 0.25) is 5.02 Å². The summed E-state index contributed by atoms with van der Waals surface area (Å²) >= 11 is 5.83. The monoisotopic (exact) mass is 295 g/mol. The van der Waals surface area contributed by atoms with Crippen molar-refractivity contribution in [3.8, 4) is 0 Å². The van der Waals surface area contributed by atoms with Crippen molar-refractivity contribution >= 4 is 29.6 Å². The number of halogens is 1. The summed E-state index contributed by atoms with van der Waals surface area (Å²) in [5, 5.41) is 3.25. The molecule has 1 unspecified atom stereocenters. The van der Waals surface area contributed by atoms with Crippen molar-refractivity contribution in [1.82, 2.24) is 5.32 Å². The maximum Gasteiger partial charge on any atom is 0.331 e. The smallest absolute Gasteiger partial charge is 0.331 e. The number of carbonyl (C=O) groups excluding carboxylic acids is 2. The molecular formula is C15H18ClNO3. The number of hydrogen-bond acceptors (Lipinski definition) is 3. The van der Waals surface area contributed by atoms with Crippen molar-refractivity contribution in [3.05, 3.63) is 40.9 Å². The van der Waals surface area contributed by atoms with Crippen molar-refractivity contribution < 1.29 is 14.3 Å². The predicted molar refractivity (Wildman–Crippen MR) is 79.3 cm³/mol. The topological polar surface area (TPSA) is 55.4 Å². The summed E-state index contributed by atoms with van der Waals surface area (Å²) < 4.78 is 4.99. The highest BCUT2D eigenvalue weighted by Gasteiger charge is 2.15. The summed E-state index contributed by atoms with van der Waals surface area (Å²) in [6.45, 7) is 4.06. The summed E-state index contributed by atoms with van der Waals surface area (Å²) in [6.07, 6.45) is 2.89. The zero-order valence-corrected chi connectivity index (χ0v) is 12.3. The first-order valence-electron chi connectivity index (χ1n) is 6.45. The molecule has 1 aromatic rings. The van der Waals surface area contributed by atoms with Gasteiger partial charge in [0.05, 0.1) is 0 Å². The van der Waals surface area contributed by atoms with Gasteiger partial charge in [-0.25, -0.2) is 4.79 Å². The van der Waals surface area contributed by atoms with Crippen LogP contribution in [0.4, 0.5) is 0 Å². The minimum absolute atomic E-state index is 0.295. The molecule has 0 saturated carbocycles. The quantitative estimate of drug-likeness (QED) is 0.648. The highest BCUT2D eigenvalue weighted by molar-refractivity contribution is 6.30. The lowest BCUT2D eigenvalue weighted by atomic mass is 10.2. The van der Waals surface area contributed by atoms with E-state index in [1.807, 2.05) is 13.0 Å². The molecule has 0 aliphatic heterocycles. The Morgan fingerprint density at radius 3 is 2.85 bits per heavy atom. The van der Waals surface area contributed by atoms with E-state index >= 15 is 0 Å². The van der Waals surface area contributed by atoms with Crippen LogP contribution in [0.15, 0.2) is 30.3 Å². The number of esters is 1. The molecule has 0 aliphatic rings. The predicted octanol–water partition coefficient (Wildman–Crippen LogP) is 2.81. The van der Waals surface area contributed by atoms with Gasteiger partial charge in [-0.3, -0.25) is 4.79 Å². The zero-order chi connectivity index (χ0) is 15.0. The third kappa shape index (κ3) is 5.89. The van der Waals surface area contributed by atoms with Crippen LogP contribution in [-0.4, -0.2) is 24.5 Å². The van der Waals surface area contributed by atoms with Gasteiger partial charge >= 0.3 is 5.97 Å². The molecule has 0 aromatic heterocycles. The Hall–Kier alpha value is -1.81. The third-order valence-corrected chi connectivity index (χ3v) is 2.71. The van der Waals surface area contributed by atoms with Gasteiger partial charge in [-0.1, -0.05) is 30.7 Å². The van der Waals surface area contributed by atoms with Gasteiger partial charge in [-0.05, 0) is 37.1 Å². The number of rotatable bonds is 6. The molecule has 1 rings (SSSR count). The molecule has 1 N–H and O–H groups in total. The highest BCUT2D eigenvalue weighted by Crippen LogP contribution is 2.11. The summed E-state index contributed by atoms with van der Waals surface area (Å²) in [6, 6.07) is 7.07. The molecule has 20 heavy (non-hydrogen) atoms. The van der Waals surface area contributed by atoms with Crippen LogP contribution in [0.25, 0.3) is 6.08 Å². The number of ether oxygens (including phenoxy) is 1. The number of carbonyl (C=O) groups is 2. The average molecular weight is 296 g/mol. The molecule has 0 saturated heterocycles. The Morgan fingerprint density at radius 1 is 1.45 bits per heavy atom. The van der Waals surface area contributed by atoms with Gasteiger partial charge in [-0.15, -0.1) is 0 Å². The third-order valence-electron chi connectivity index (χ3n) is 2.47. The van der Waals surface area contributed by atoms with Crippen molar-refractivity contribution in [2.75, 3.05) is 6.54 Å². The Morgan fingerprint density at radius 2 is 2.20 bits per heavy atom. The normalized spacial score (nSPS) is 12.2. The number of nitrogens with one attached hydrogen (secondary N) is 1. The van der Waals surface area contributed by atoms with Crippen LogP contribution in [0, 0.1) is 0 Å². The van der Waals surface area contributed by atoms with Crippen molar-refractivity contribution in [1.29, 1.82) is 0 Å². The van der Waals surface area contributed by atoms with E-state index in [2.05, 4.69) is 5.32 Å². The largest absolute Gasteiger partial charge is 0.449 e. The van der Waals surface area contributed by atoms with E-state index in [0.717, 1.165) is 12.0 Å². The van der Waals surface area contributed by atoms with Gasteiger partial charge < -0.3 is 10.1 Å². The lowest BCUT2D eigenvalue weighted by molar-refractivity contribution is -0.150. The van der Waals surface area contributed by atoms with Crippen LogP contribution >= 0.6 is 11.6 Å². The lowest BCUT2D eigenvalue weighted by Crippen LogP contribution is -2.35. The maximum absolute atomic E-state index is 11.6. The SMILES string of the molecule is CCCNC(=O)C(C)OC(=O)/C=C/c1cccc(Cl)c1.